The fraction of sp³-hybridized carbons (Fsp3) is 0.500. The zero-order chi connectivity index (χ0) is 14.3. The number of nitrogens with zero attached hydrogens (tertiary/aromatic N) is 2. The number of hydrogen-bond acceptors (Lipinski definition) is 3. The second kappa shape index (κ2) is 5.02. The topological polar surface area (TPSA) is 40.6 Å². The van der Waals surface area contributed by atoms with E-state index in [1.54, 1.807) is 11.0 Å². The number of anilines is 1. The molecule has 1 fully saturated rings. The van der Waals surface area contributed by atoms with Crippen molar-refractivity contribution >= 4 is 17.4 Å². The van der Waals surface area contributed by atoms with Gasteiger partial charge in [0.15, 0.2) is 0 Å². The van der Waals surface area contributed by atoms with E-state index in [1.165, 1.54) is 12.8 Å². The molecular weight excluding hydrogens is 252 g/mol. The normalized spacial score (nSPS) is 19.0. The molecule has 2 aliphatic rings. The second-order valence-electron chi connectivity index (χ2n) is 5.74. The highest BCUT2D eigenvalue weighted by Gasteiger charge is 2.37. The number of rotatable bonds is 3. The lowest BCUT2D eigenvalue weighted by atomic mass is 10.0. The Morgan fingerprint density at radius 2 is 1.75 bits per heavy atom. The van der Waals surface area contributed by atoms with Crippen molar-refractivity contribution < 1.29 is 9.59 Å². The number of aryl methyl sites for hydroxylation is 1. The van der Waals surface area contributed by atoms with Crippen molar-refractivity contribution in [3.05, 3.63) is 28.8 Å². The molecule has 0 aromatic heterocycles. The molecular formula is C16H20N2O2. The van der Waals surface area contributed by atoms with Crippen LogP contribution in [-0.4, -0.2) is 42.8 Å². The molecule has 0 radical (unpaired) electrons. The fourth-order valence-electron chi connectivity index (χ4n) is 3.13. The van der Waals surface area contributed by atoms with E-state index >= 15 is 0 Å². The molecule has 0 spiro atoms. The first-order valence-electron chi connectivity index (χ1n) is 7.28. The summed E-state index contributed by atoms with van der Waals surface area (Å²) in [5, 5.41) is 0. The molecule has 20 heavy (non-hydrogen) atoms. The average molecular weight is 272 g/mol. The van der Waals surface area contributed by atoms with Crippen LogP contribution in [0.25, 0.3) is 0 Å². The Hall–Kier alpha value is -1.68. The third-order valence-electron chi connectivity index (χ3n) is 4.49. The number of ketones is 1. The lowest BCUT2D eigenvalue weighted by Gasteiger charge is -2.22. The van der Waals surface area contributed by atoms with Crippen molar-refractivity contribution in [2.24, 2.45) is 0 Å². The molecule has 2 aliphatic heterocycles. The molecule has 3 rings (SSSR count). The van der Waals surface area contributed by atoms with Crippen molar-refractivity contribution in [3.63, 3.8) is 0 Å². The van der Waals surface area contributed by atoms with Crippen LogP contribution in [0.3, 0.4) is 0 Å². The van der Waals surface area contributed by atoms with Crippen LogP contribution in [0.15, 0.2) is 12.1 Å². The predicted octanol–water partition coefficient (Wildman–Crippen LogP) is 1.93. The van der Waals surface area contributed by atoms with E-state index in [1.807, 2.05) is 19.9 Å². The third-order valence-corrected chi connectivity index (χ3v) is 4.49. The van der Waals surface area contributed by atoms with E-state index in [9.17, 15) is 9.59 Å². The molecule has 0 unspecified atom stereocenters. The van der Waals surface area contributed by atoms with Crippen LogP contribution in [0.5, 0.6) is 0 Å². The molecule has 0 N–H and O–H groups in total. The second-order valence-corrected chi connectivity index (χ2v) is 5.74. The Labute approximate surface area is 119 Å². The summed E-state index contributed by atoms with van der Waals surface area (Å²) in [5.74, 6) is -0.725. The number of fused-ring (bicyclic) bond motifs is 1. The van der Waals surface area contributed by atoms with Gasteiger partial charge in [0.1, 0.15) is 0 Å². The molecule has 0 bridgehead atoms. The molecule has 4 heteroatoms. The van der Waals surface area contributed by atoms with Gasteiger partial charge in [0.2, 0.25) is 0 Å². The maximum Gasteiger partial charge on any atom is 0.299 e. The van der Waals surface area contributed by atoms with Crippen molar-refractivity contribution in [3.8, 4) is 0 Å². The van der Waals surface area contributed by atoms with Crippen LogP contribution >= 0.6 is 0 Å². The largest absolute Gasteiger partial charge is 0.303 e. The Morgan fingerprint density at radius 3 is 2.45 bits per heavy atom. The summed E-state index contributed by atoms with van der Waals surface area (Å²) < 4.78 is 0. The highest BCUT2D eigenvalue weighted by atomic mass is 16.2. The van der Waals surface area contributed by atoms with Gasteiger partial charge in [-0.1, -0.05) is 6.07 Å². The van der Waals surface area contributed by atoms with E-state index in [2.05, 4.69) is 4.90 Å². The van der Waals surface area contributed by atoms with Gasteiger partial charge in [-0.05, 0) is 57.0 Å². The Morgan fingerprint density at radius 1 is 1.05 bits per heavy atom. The van der Waals surface area contributed by atoms with Gasteiger partial charge in [0.05, 0.1) is 11.3 Å². The van der Waals surface area contributed by atoms with E-state index in [0.29, 0.717) is 12.1 Å². The summed E-state index contributed by atoms with van der Waals surface area (Å²) in [6, 6.07) is 3.71. The number of Topliss-reactive ketones (excluding diaryl/α,β-unsaturated/α-hetero) is 1. The predicted molar refractivity (Wildman–Crippen MR) is 78.3 cm³/mol. The van der Waals surface area contributed by atoms with Gasteiger partial charge in [-0.15, -0.1) is 0 Å². The Balaban J connectivity index is 1.86. The molecule has 106 valence electrons. The maximum atomic E-state index is 12.2. The fourth-order valence-corrected chi connectivity index (χ4v) is 3.13. The summed E-state index contributed by atoms with van der Waals surface area (Å²) >= 11 is 0. The Bertz CT molecular complexity index is 574. The van der Waals surface area contributed by atoms with Gasteiger partial charge in [-0.25, -0.2) is 0 Å². The summed E-state index contributed by atoms with van der Waals surface area (Å²) in [4.78, 5) is 28.3. The van der Waals surface area contributed by atoms with E-state index < -0.39 is 0 Å². The molecule has 1 aromatic rings. The number of hydrogen-bond donors (Lipinski definition) is 0. The number of carbonyl (C=O) groups excluding carboxylic acids is 2. The monoisotopic (exact) mass is 272 g/mol. The smallest absolute Gasteiger partial charge is 0.299 e. The minimum Gasteiger partial charge on any atom is -0.303 e. The number of amides is 1. The van der Waals surface area contributed by atoms with Crippen LogP contribution in [0.4, 0.5) is 5.69 Å². The molecule has 4 nitrogen and oxygen atoms in total. The minimum absolute atomic E-state index is 0.357. The molecule has 0 aliphatic carbocycles. The molecule has 0 saturated carbocycles. The lowest BCUT2D eigenvalue weighted by molar-refractivity contribution is -0.114. The van der Waals surface area contributed by atoms with Crippen molar-refractivity contribution in [2.45, 2.75) is 26.7 Å². The van der Waals surface area contributed by atoms with Gasteiger partial charge >= 0.3 is 0 Å². The zero-order valence-electron chi connectivity index (χ0n) is 12.1. The zero-order valence-corrected chi connectivity index (χ0v) is 12.1. The first-order chi connectivity index (χ1) is 9.59. The molecule has 1 saturated heterocycles. The van der Waals surface area contributed by atoms with Crippen LogP contribution in [-0.2, 0) is 4.79 Å². The van der Waals surface area contributed by atoms with Crippen LogP contribution in [0.1, 0.15) is 34.3 Å². The summed E-state index contributed by atoms with van der Waals surface area (Å²) in [6.45, 7) is 7.68. The molecule has 2 heterocycles. The van der Waals surface area contributed by atoms with Crippen molar-refractivity contribution in [2.75, 3.05) is 31.1 Å². The lowest BCUT2D eigenvalue weighted by Crippen LogP contribution is -2.37. The van der Waals surface area contributed by atoms with Gasteiger partial charge in [-0.3, -0.25) is 9.59 Å². The van der Waals surface area contributed by atoms with E-state index in [-0.39, 0.29) is 11.7 Å². The van der Waals surface area contributed by atoms with Gasteiger partial charge in [0.25, 0.3) is 11.7 Å². The molecule has 0 atom stereocenters. The van der Waals surface area contributed by atoms with Crippen LogP contribution in [0, 0.1) is 13.8 Å². The molecule has 1 amide bonds. The maximum absolute atomic E-state index is 12.2. The Kier molecular flexibility index (Phi) is 3.34. The SMILES string of the molecule is Cc1ccc2c(c1C)N(CCN1CCCC1)C(=O)C2=O. The summed E-state index contributed by atoms with van der Waals surface area (Å²) in [5.41, 5.74) is 3.57. The van der Waals surface area contributed by atoms with Gasteiger partial charge in [-0.2, -0.15) is 0 Å². The van der Waals surface area contributed by atoms with Crippen LogP contribution in [0.2, 0.25) is 0 Å². The standard InChI is InChI=1S/C16H20N2O2/c1-11-5-6-13-14(12(11)2)18(16(20)15(13)19)10-9-17-7-3-4-8-17/h5-6H,3-4,7-10H2,1-2H3. The van der Waals surface area contributed by atoms with Crippen molar-refractivity contribution in [1.82, 2.24) is 4.90 Å². The number of carbonyl (C=O) groups is 2. The first-order valence-corrected chi connectivity index (χ1v) is 7.28. The highest BCUT2D eigenvalue weighted by Crippen LogP contribution is 2.33. The minimum atomic E-state index is -0.368. The number of likely N-dealkylation sites (tertiary alicyclic amines) is 1. The summed E-state index contributed by atoms with van der Waals surface area (Å²) in [7, 11) is 0. The van der Waals surface area contributed by atoms with E-state index in [4.69, 9.17) is 0 Å². The quantitative estimate of drug-likeness (QED) is 0.789. The average Bonchev–Trinajstić information content (AvgIpc) is 3.02. The highest BCUT2D eigenvalue weighted by molar-refractivity contribution is 6.52. The van der Waals surface area contributed by atoms with Gasteiger partial charge in [0, 0.05) is 13.1 Å². The third kappa shape index (κ3) is 2.04. The molecule has 1 aromatic carbocycles. The van der Waals surface area contributed by atoms with Crippen LogP contribution < -0.4 is 4.90 Å². The van der Waals surface area contributed by atoms with Crippen molar-refractivity contribution in [1.29, 1.82) is 0 Å². The van der Waals surface area contributed by atoms with Gasteiger partial charge < -0.3 is 9.80 Å². The first kappa shape index (κ1) is 13.3. The number of benzene rings is 1. The van der Waals surface area contributed by atoms with E-state index in [0.717, 1.165) is 36.4 Å². The summed E-state index contributed by atoms with van der Waals surface area (Å²) in [6.07, 6.45) is 2.48.